The van der Waals surface area contributed by atoms with Gasteiger partial charge in [0.25, 0.3) is 0 Å². The SMILES string of the molecule is CC/C=C\C/C=C\C/C=C\C/C=C\C/C=C\C/C=C\CCCCCCCCCCCCC(=O)OCC(COP(=O)(O)OCC(O)COP(=O)(O)OCC(O)COC(=O)CCCCCCCCCCCCCCCCCCCCC/C=C\C/C=C\C/C=C\C/C=C\C/C=C\CC)OC(=O)CCCCCCCC/C=C\C/C=C\C/C=C\C/C=C\CC. The number of aliphatic hydroxyl groups is 2. The molecule has 4 N–H and O–H groups in total. The van der Waals surface area contributed by atoms with Crippen molar-refractivity contribution in [3.63, 3.8) is 0 Å². The molecule has 0 aromatic heterocycles. The maximum Gasteiger partial charge on any atom is 0.472 e. The van der Waals surface area contributed by atoms with E-state index in [4.69, 9.17) is 32.3 Å². The fourth-order valence-electron chi connectivity index (χ4n) is 12.6. The Labute approximate surface area is 725 Å². The minimum absolute atomic E-state index is 0.0827. The zero-order valence-corrected chi connectivity index (χ0v) is 76.8. The maximum absolute atomic E-state index is 13.1. The Morgan fingerprint density at radius 2 is 0.420 bits per heavy atom. The number of rotatable bonds is 88. The van der Waals surface area contributed by atoms with Gasteiger partial charge in [-0.15, -0.1) is 0 Å². The third-order valence-corrected chi connectivity index (χ3v) is 21.5. The van der Waals surface area contributed by atoms with E-state index in [0.29, 0.717) is 19.3 Å². The molecule has 0 aliphatic carbocycles. The molecular formula is C101H170O16P2. The van der Waals surface area contributed by atoms with Crippen molar-refractivity contribution in [1.29, 1.82) is 0 Å². The summed E-state index contributed by atoms with van der Waals surface area (Å²) in [6, 6.07) is 0. The second kappa shape index (κ2) is 91.8. The summed E-state index contributed by atoms with van der Waals surface area (Å²) in [4.78, 5) is 59.0. The van der Waals surface area contributed by atoms with E-state index in [2.05, 4.69) is 203 Å². The number of allylic oxidation sites excluding steroid dienone is 30. The second-order valence-corrected chi connectivity index (χ2v) is 33.9. The number of hydrogen-bond acceptors (Lipinski definition) is 14. The van der Waals surface area contributed by atoms with Crippen LogP contribution in [-0.4, -0.2) is 95.9 Å². The van der Waals surface area contributed by atoms with E-state index >= 15 is 0 Å². The fraction of sp³-hybridized carbons (Fsp3) is 0.673. The molecule has 0 heterocycles. The van der Waals surface area contributed by atoms with Gasteiger partial charge in [0.2, 0.25) is 0 Å². The highest BCUT2D eigenvalue weighted by atomic mass is 31.2. The number of ether oxygens (including phenoxy) is 3. The molecule has 119 heavy (non-hydrogen) atoms. The Hall–Kier alpha value is -5.35. The van der Waals surface area contributed by atoms with Gasteiger partial charge < -0.3 is 34.2 Å². The van der Waals surface area contributed by atoms with Gasteiger partial charge in [0.1, 0.15) is 25.4 Å². The first-order valence-corrected chi connectivity index (χ1v) is 50.1. The minimum atomic E-state index is -4.95. The van der Waals surface area contributed by atoms with Gasteiger partial charge in [-0.25, -0.2) is 9.13 Å². The Morgan fingerprint density at radius 3 is 0.664 bits per heavy atom. The Bertz CT molecular complexity index is 2890. The molecule has 680 valence electrons. The molecule has 0 aliphatic heterocycles. The molecule has 16 nitrogen and oxygen atoms in total. The number of carbonyl (C=O) groups is 3. The van der Waals surface area contributed by atoms with E-state index in [1.165, 1.54) is 135 Å². The Kier molecular flexibility index (Phi) is 87.7. The van der Waals surface area contributed by atoms with E-state index in [0.717, 1.165) is 186 Å². The van der Waals surface area contributed by atoms with Crippen LogP contribution < -0.4 is 0 Å². The smallest absolute Gasteiger partial charge is 0.463 e. The predicted octanol–water partition coefficient (Wildman–Crippen LogP) is 29.2. The largest absolute Gasteiger partial charge is 0.472 e. The van der Waals surface area contributed by atoms with Crippen LogP contribution in [0.25, 0.3) is 0 Å². The molecule has 0 saturated carbocycles. The Balaban J connectivity index is 4.52. The average Bonchev–Trinajstić information content (AvgIpc) is 0.902. The van der Waals surface area contributed by atoms with Crippen molar-refractivity contribution in [2.24, 2.45) is 0 Å². The normalized spacial score (nSPS) is 14.6. The van der Waals surface area contributed by atoms with Crippen LogP contribution in [0.4, 0.5) is 0 Å². The van der Waals surface area contributed by atoms with Crippen LogP contribution in [0.2, 0.25) is 0 Å². The van der Waals surface area contributed by atoms with Crippen molar-refractivity contribution >= 4 is 33.6 Å². The van der Waals surface area contributed by atoms with E-state index in [1.807, 2.05) is 0 Å². The van der Waals surface area contributed by atoms with Crippen LogP contribution >= 0.6 is 15.6 Å². The van der Waals surface area contributed by atoms with Gasteiger partial charge in [0, 0.05) is 19.3 Å². The summed E-state index contributed by atoms with van der Waals surface area (Å²) >= 11 is 0. The molecule has 18 heteroatoms. The summed E-state index contributed by atoms with van der Waals surface area (Å²) < 4.78 is 61.5. The van der Waals surface area contributed by atoms with Gasteiger partial charge in [-0.05, 0) is 154 Å². The fourth-order valence-corrected chi connectivity index (χ4v) is 14.2. The molecule has 0 aliphatic rings. The second-order valence-electron chi connectivity index (χ2n) is 31.0. The molecule has 0 radical (unpaired) electrons. The molecular weight excluding hydrogens is 1530 g/mol. The number of carbonyl (C=O) groups excluding carboxylic acids is 3. The molecule has 0 spiro atoms. The quantitative estimate of drug-likeness (QED) is 0.0146. The van der Waals surface area contributed by atoms with Crippen molar-refractivity contribution in [1.82, 2.24) is 0 Å². The Morgan fingerprint density at radius 1 is 0.235 bits per heavy atom. The van der Waals surface area contributed by atoms with Gasteiger partial charge in [-0.2, -0.15) is 0 Å². The molecule has 5 unspecified atom stereocenters. The van der Waals surface area contributed by atoms with E-state index < -0.39 is 91.5 Å². The molecule has 0 rings (SSSR count). The van der Waals surface area contributed by atoms with Gasteiger partial charge in [-0.3, -0.25) is 32.5 Å². The van der Waals surface area contributed by atoms with Crippen molar-refractivity contribution < 1.29 is 75.8 Å². The monoisotopic (exact) mass is 1700 g/mol. The van der Waals surface area contributed by atoms with Crippen LogP contribution in [0.1, 0.15) is 380 Å². The van der Waals surface area contributed by atoms with Crippen LogP contribution in [0.3, 0.4) is 0 Å². The lowest BCUT2D eigenvalue weighted by Crippen LogP contribution is -2.30. The zero-order valence-electron chi connectivity index (χ0n) is 75.0. The predicted molar refractivity (Wildman–Crippen MR) is 500 cm³/mol. The molecule has 0 fully saturated rings. The minimum Gasteiger partial charge on any atom is -0.463 e. The highest BCUT2D eigenvalue weighted by molar-refractivity contribution is 7.47. The molecule has 5 atom stereocenters. The number of hydrogen-bond donors (Lipinski definition) is 4. The summed E-state index contributed by atoms with van der Waals surface area (Å²) in [6.45, 7) is 2.36. The van der Waals surface area contributed by atoms with Crippen LogP contribution in [0.5, 0.6) is 0 Å². The summed E-state index contributed by atoms with van der Waals surface area (Å²) in [5.74, 6) is -1.59. The highest BCUT2D eigenvalue weighted by Crippen LogP contribution is 2.45. The first-order chi connectivity index (χ1) is 58.2. The third kappa shape index (κ3) is 93.2. The van der Waals surface area contributed by atoms with Crippen molar-refractivity contribution in [2.45, 2.75) is 399 Å². The number of esters is 3. The van der Waals surface area contributed by atoms with Gasteiger partial charge in [0.15, 0.2) is 6.10 Å². The van der Waals surface area contributed by atoms with Gasteiger partial charge in [-0.1, -0.05) is 389 Å². The molecule has 0 bridgehead atoms. The zero-order chi connectivity index (χ0) is 86.5. The number of aliphatic hydroxyl groups excluding tert-OH is 2. The maximum atomic E-state index is 13.1. The summed E-state index contributed by atoms with van der Waals surface area (Å²) in [7, 11) is -9.82. The van der Waals surface area contributed by atoms with Gasteiger partial charge in [0.05, 0.1) is 26.4 Å². The van der Waals surface area contributed by atoms with Crippen LogP contribution in [0, 0.1) is 0 Å². The van der Waals surface area contributed by atoms with Gasteiger partial charge >= 0.3 is 33.6 Å². The van der Waals surface area contributed by atoms with E-state index in [1.54, 1.807) is 0 Å². The van der Waals surface area contributed by atoms with Crippen molar-refractivity contribution in [2.75, 3.05) is 39.6 Å². The summed E-state index contributed by atoms with van der Waals surface area (Å²) in [5, 5.41) is 20.7. The standard InChI is InChI=1S/C101H170O16P2/c1-4-7-10-13-16-19-22-25-28-31-34-36-38-40-42-44-45-46-47-48-49-51-53-54-56-58-61-63-66-69-72-75-78-81-84-87-99(104)111-90-96(102)91-113-118(107,108)114-92-97(103)93-115-119(109,110)116-95-98(117-101(106)89-86-83-80-77-74-71-68-65-60-33-30-27-24-21-18-15-12-9-6-3)94-112-100(105)88-85-82-79-76-73-70-67-64-62-59-57-55-52-50-43-41-39-37-35-32-29-26-23-20-17-14-11-8-5-2/h7-12,16-21,25-30,34-37,40-43,52,55,60,65,96-98,102-103H,4-6,13-15,22-24,31-33,38-39,44-51,53-54,56-59,61-64,66-95H2,1-3H3,(H,107,108)(H,109,110)/b10-7-,11-8-,12-9-,19-16-,20-17-,21-18-,28-25-,29-26-,30-27-,36-34-,37-35-,42-40-,43-41-,55-52-,65-60-. The summed E-state index contributed by atoms with van der Waals surface area (Å²) in [6.07, 6.45) is 121. The molecule has 0 aromatic rings. The van der Waals surface area contributed by atoms with E-state index in [-0.39, 0.29) is 19.3 Å². The topological polar surface area (TPSA) is 231 Å². The van der Waals surface area contributed by atoms with Crippen molar-refractivity contribution in [3.05, 3.63) is 182 Å². The molecule has 0 saturated heterocycles. The molecule has 0 aromatic carbocycles. The first kappa shape index (κ1) is 114. The van der Waals surface area contributed by atoms with E-state index in [9.17, 15) is 43.5 Å². The number of phosphoric acid groups is 2. The lowest BCUT2D eigenvalue weighted by molar-refractivity contribution is -0.161. The van der Waals surface area contributed by atoms with Crippen LogP contribution in [0.15, 0.2) is 182 Å². The summed E-state index contributed by atoms with van der Waals surface area (Å²) in [5.41, 5.74) is 0. The average molecular weight is 1700 g/mol. The third-order valence-electron chi connectivity index (χ3n) is 19.6. The molecule has 0 amide bonds. The lowest BCUT2D eigenvalue weighted by Gasteiger charge is -2.21. The lowest BCUT2D eigenvalue weighted by atomic mass is 10.0. The highest BCUT2D eigenvalue weighted by Gasteiger charge is 2.29. The number of unbranched alkanes of at least 4 members (excludes halogenated alkanes) is 35. The van der Waals surface area contributed by atoms with Crippen molar-refractivity contribution in [3.8, 4) is 0 Å². The van der Waals surface area contributed by atoms with Crippen LogP contribution in [-0.2, 0) is 55.8 Å². The number of phosphoric ester groups is 2. The first-order valence-electron chi connectivity index (χ1n) is 47.1.